The van der Waals surface area contributed by atoms with Crippen molar-refractivity contribution in [2.24, 2.45) is 5.73 Å². The van der Waals surface area contributed by atoms with Gasteiger partial charge in [0.25, 0.3) is 11.5 Å². The van der Waals surface area contributed by atoms with Gasteiger partial charge in [0.2, 0.25) is 5.91 Å². The Morgan fingerprint density at radius 2 is 1.84 bits per heavy atom. The van der Waals surface area contributed by atoms with E-state index in [1.54, 1.807) is 22.9 Å². The van der Waals surface area contributed by atoms with E-state index in [1.807, 2.05) is 31.2 Å². The number of rotatable bonds is 6. The number of nitrogens with one attached hydrogen (secondary N) is 1. The monoisotopic (exact) mass is 416 g/mol. The van der Waals surface area contributed by atoms with Gasteiger partial charge >= 0.3 is 0 Å². The Morgan fingerprint density at radius 3 is 2.58 bits per heavy atom. The number of carbonyl (C=O) groups excluding carboxylic acids is 2. The highest BCUT2D eigenvalue weighted by molar-refractivity contribution is 6.02. The molecular formula is C22H20N6O3. The molecule has 2 aromatic heterocycles. The molecule has 0 unspecified atom stereocenters. The van der Waals surface area contributed by atoms with Crippen LogP contribution in [0.4, 0.5) is 5.69 Å². The molecule has 9 nitrogen and oxygen atoms in total. The van der Waals surface area contributed by atoms with E-state index < -0.39 is 5.91 Å². The van der Waals surface area contributed by atoms with Gasteiger partial charge in [0, 0.05) is 13.0 Å². The van der Waals surface area contributed by atoms with Gasteiger partial charge in [0.15, 0.2) is 5.65 Å². The number of hydrogen-bond acceptors (Lipinski definition) is 5. The molecule has 2 aromatic carbocycles. The van der Waals surface area contributed by atoms with Gasteiger partial charge < -0.3 is 11.1 Å². The Bertz CT molecular complexity index is 1340. The van der Waals surface area contributed by atoms with Crippen molar-refractivity contribution in [1.82, 2.24) is 19.3 Å². The second kappa shape index (κ2) is 8.23. The molecule has 3 N–H and O–H groups in total. The van der Waals surface area contributed by atoms with Gasteiger partial charge in [0.05, 0.1) is 29.5 Å². The third-order valence-corrected chi connectivity index (χ3v) is 4.88. The van der Waals surface area contributed by atoms with Gasteiger partial charge in [-0.2, -0.15) is 5.10 Å². The molecule has 0 saturated heterocycles. The summed E-state index contributed by atoms with van der Waals surface area (Å²) in [6.45, 7) is 2.12. The highest BCUT2D eigenvalue weighted by atomic mass is 16.2. The number of para-hydroxylation sites is 1. The summed E-state index contributed by atoms with van der Waals surface area (Å²) < 4.78 is 2.97. The molecule has 2 amide bonds. The predicted molar refractivity (Wildman–Crippen MR) is 116 cm³/mol. The normalized spacial score (nSPS) is 10.9. The van der Waals surface area contributed by atoms with E-state index in [-0.39, 0.29) is 30.0 Å². The molecule has 0 radical (unpaired) electrons. The summed E-state index contributed by atoms with van der Waals surface area (Å²) in [6.07, 6.45) is 2.90. The highest BCUT2D eigenvalue weighted by Gasteiger charge is 2.14. The zero-order chi connectivity index (χ0) is 22.0. The van der Waals surface area contributed by atoms with Crippen molar-refractivity contribution in [3.8, 4) is 5.69 Å². The van der Waals surface area contributed by atoms with Crippen LogP contribution in [0.15, 0.2) is 65.8 Å². The zero-order valence-corrected chi connectivity index (χ0v) is 16.8. The van der Waals surface area contributed by atoms with E-state index in [0.717, 1.165) is 11.3 Å². The minimum atomic E-state index is -0.632. The number of hydrogen-bond donors (Lipinski definition) is 2. The summed E-state index contributed by atoms with van der Waals surface area (Å²) in [5, 5.41) is 7.31. The number of primary amides is 1. The third-order valence-electron chi connectivity index (χ3n) is 4.88. The molecule has 2 heterocycles. The molecule has 4 aromatic rings. The Labute approximate surface area is 177 Å². The van der Waals surface area contributed by atoms with Crippen molar-refractivity contribution in [2.75, 3.05) is 5.32 Å². The van der Waals surface area contributed by atoms with E-state index in [0.29, 0.717) is 16.7 Å². The van der Waals surface area contributed by atoms with Crippen molar-refractivity contribution >= 4 is 28.5 Å². The van der Waals surface area contributed by atoms with Gasteiger partial charge in [0.1, 0.15) is 5.39 Å². The first-order valence-corrected chi connectivity index (χ1v) is 9.63. The minimum absolute atomic E-state index is 0.0201. The molecule has 0 spiro atoms. The second-order valence-corrected chi connectivity index (χ2v) is 7.08. The molecule has 0 aliphatic carbocycles. The fourth-order valence-corrected chi connectivity index (χ4v) is 3.22. The number of nitrogens with zero attached hydrogens (tertiary/aromatic N) is 4. The smallest absolute Gasteiger partial charge is 0.264 e. The number of anilines is 1. The van der Waals surface area contributed by atoms with Crippen LogP contribution >= 0.6 is 0 Å². The summed E-state index contributed by atoms with van der Waals surface area (Å²) in [5.74, 6) is -0.983. The summed E-state index contributed by atoms with van der Waals surface area (Å²) in [5.41, 5.74) is 7.97. The number of aromatic nitrogens is 4. The molecule has 0 fully saturated rings. The fraction of sp³-hybridized carbons (Fsp3) is 0.136. The first kappa shape index (κ1) is 20.0. The second-order valence-electron chi connectivity index (χ2n) is 7.08. The third kappa shape index (κ3) is 4.06. The van der Waals surface area contributed by atoms with Crippen LogP contribution in [0.2, 0.25) is 0 Å². The van der Waals surface area contributed by atoms with E-state index >= 15 is 0 Å². The number of benzene rings is 2. The maximum Gasteiger partial charge on any atom is 0.264 e. The molecule has 0 saturated carbocycles. The standard InChI is InChI=1S/C22H20N6O3/c1-14-6-8-15(9-7-14)28-21-17(12-25-28)22(31)27(13-24-21)11-10-19(29)26-18-5-3-2-4-16(18)20(23)30/h2-9,12-13H,10-11H2,1H3,(H2,23,30)(H,26,29). The van der Waals surface area contributed by atoms with Gasteiger partial charge in [-0.1, -0.05) is 29.8 Å². The van der Waals surface area contributed by atoms with Crippen LogP contribution in [0.25, 0.3) is 16.7 Å². The van der Waals surface area contributed by atoms with Crippen LogP contribution in [0, 0.1) is 6.92 Å². The SMILES string of the molecule is Cc1ccc(-n2ncc3c(=O)n(CCC(=O)Nc4ccccc4C(N)=O)cnc32)cc1. The lowest BCUT2D eigenvalue weighted by molar-refractivity contribution is -0.116. The van der Waals surface area contributed by atoms with Gasteiger partial charge in [-0.3, -0.25) is 19.0 Å². The van der Waals surface area contributed by atoms with Gasteiger partial charge in [-0.15, -0.1) is 0 Å². The lowest BCUT2D eigenvalue weighted by atomic mass is 10.1. The van der Waals surface area contributed by atoms with Crippen LogP contribution < -0.4 is 16.6 Å². The molecule has 0 atom stereocenters. The lowest BCUT2D eigenvalue weighted by Crippen LogP contribution is -2.24. The maximum absolute atomic E-state index is 12.8. The summed E-state index contributed by atoms with van der Waals surface area (Å²) in [4.78, 5) is 41.0. The molecule has 31 heavy (non-hydrogen) atoms. The molecule has 156 valence electrons. The first-order valence-electron chi connectivity index (χ1n) is 9.63. The van der Waals surface area contributed by atoms with Gasteiger partial charge in [-0.05, 0) is 31.2 Å². The van der Waals surface area contributed by atoms with E-state index in [2.05, 4.69) is 15.4 Å². The fourth-order valence-electron chi connectivity index (χ4n) is 3.22. The first-order chi connectivity index (χ1) is 14.9. The maximum atomic E-state index is 12.8. The number of nitrogens with two attached hydrogens (primary N) is 1. The lowest BCUT2D eigenvalue weighted by Gasteiger charge is -2.10. The molecular weight excluding hydrogens is 396 g/mol. The topological polar surface area (TPSA) is 125 Å². The van der Waals surface area contributed by atoms with E-state index in [9.17, 15) is 14.4 Å². The molecule has 4 rings (SSSR count). The number of fused-ring (bicyclic) bond motifs is 1. The average molecular weight is 416 g/mol. The Hall–Kier alpha value is -4.27. The molecule has 0 aliphatic rings. The van der Waals surface area contributed by atoms with Crippen molar-refractivity contribution < 1.29 is 9.59 Å². The Balaban J connectivity index is 1.51. The van der Waals surface area contributed by atoms with E-state index in [4.69, 9.17) is 5.73 Å². The summed E-state index contributed by atoms with van der Waals surface area (Å²) in [6, 6.07) is 14.2. The number of carbonyl (C=O) groups is 2. The predicted octanol–water partition coefficient (Wildman–Crippen LogP) is 2.02. The van der Waals surface area contributed by atoms with Crippen LogP contribution in [0.3, 0.4) is 0 Å². The average Bonchev–Trinajstić information content (AvgIpc) is 3.19. The molecule has 0 aliphatic heterocycles. The quantitative estimate of drug-likeness (QED) is 0.497. The number of aryl methyl sites for hydroxylation is 2. The Kier molecular flexibility index (Phi) is 5.31. The minimum Gasteiger partial charge on any atom is -0.366 e. The van der Waals surface area contributed by atoms with Crippen LogP contribution in [0.1, 0.15) is 22.3 Å². The van der Waals surface area contributed by atoms with Gasteiger partial charge in [-0.25, -0.2) is 9.67 Å². The Morgan fingerprint density at radius 1 is 1.10 bits per heavy atom. The van der Waals surface area contributed by atoms with Crippen LogP contribution in [-0.2, 0) is 11.3 Å². The van der Waals surface area contributed by atoms with Crippen molar-refractivity contribution in [3.05, 3.63) is 82.5 Å². The van der Waals surface area contributed by atoms with Crippen molar-refractivity contribution in [3.63, 3.8) is 0 Å². The van der Waals surface area contributed by atoms with Crippen LogP contribution in [0.5, 0.6) is 0 Å². The van der Waals surface area contributed by atoms with E-state index in [1.165, 1.54) is 23.2 Å². The van der Waals surface area contributed by atoms with Crippen molar-refractivity contribution in [1.29, 1.82) is 0 Å². The van der Waals surface area contributed by atoms with Crippen molar-refractivity contribution in [2.45, 2.75) is 19.9 Å². The summed E-state index contributed by atoms with van der Waals surface area (Å²) in [7, 11) is 0. The largest absolute Gasteiger partial charge is 0.366 e. The molecule has 0 bridgehead atoms. The summed E-state index contributed by atoms with van der Waals surface area (Å²) >= 11 is 0. The highest BCUT2D eigenvalue weighted by Crippen LogP contribution is 2.16. The molecule has 9 heteroatoms. The number of amides is 2. The van der Waals surface area contributed by atoms with Crippen LogP contribution in [-0.4, -0.2) is 31.1 Å². The zero-order valence-electron chi connectivity index (χ0n) is 16.8.